The second kappa shape index (κ2) is 10.2. The quantitative estimate of drug-likeness (QED) is 0.655. The van der Waals surface area contributed by atoms with E-state index in [2.05, 4.69) is 17.0 Å². The number of benzene rings is 2. The van der Waals surface area contributed by atoms with Gasteiger partial charge in [0.1, 0.15) is 0 Å². The van der Waals surface area contributed by atoms with Crippen LogP contribution in [-0.2, 0) is 27.8 Å². The molecule has 0 bridgehead atoms. The van der Waals surface area contributed by atoms with Crippen molar-refractivity contribution in [3.05, 3.63) is 65.7 Å². The first-order valence-corrected chi connectivity index (χ1v) is 10.8. The Morgan fingerprint density at radius 2 is 1.67 bits per heavy atom. The summed E-state index contributed by atoms with van der Waals surface area (Å²) in [6.07, 6.45) is 2.98. The maximum absolute atomic E-state index is 12.4. The Labute approximate surface area is 162 Å². The van der Waals surface area contributed by atoms with Crippen LogP contribution in [0.25, 0.3) is 0 Å². The third-order valence-corrected chi connectivity index (χ3v) is 5.73. The summed E-state index contributed by atoms with van der Waals surface area (Å²) < 4.78 is 27.4. The van der Waals surface area contributed by atoms with E-state index in [1.165, 1.54) is 0 Å². The summed E-state index contributed by atoms with van der Waals surface area (Å²) in [5, 5.41) is 2.97. The summed E-state index contributed by atoms with van der Waals surface area (Å²) in [4.78, 5) is 12.2. The molecule has 1 atom stereocenters. The van der Waals surface area contributed by atoms with Crippen molar-refractivity contribution < 1.29 is 13.2 Å². The van der Waals surface area contributed by atoms with E-state index >= 15 is 0 Å². The van der Waals surface area contributed by atoms with Gasteiger partial charge in [-0.15, -0.1) is 0 Å². The Kier molecular flexibility index (Phi) is 8.00. The van der Waals surface area contributed by atoms with Crippen LogP contribution in [0, 0.1) is 0 Å². The molecule has 146 valence electrons. The second-order valence-electron chi connectivity index (χ2n) is 6.71. The normalized spacial score (nSPS) is 12.5. The number of carbonyl (C=O) groups excluding carboxylic acids is 1. The molecule has 0 aromatic heterocycles. The van der Waals surface area contributed by atoms with Crippen LogP contribution in [0.1, 0.15) is 44.2 Å². The molecule has 0 saturated carbocycles. The van der Waals surface area contributed by atoms with Gasteiger partial charge >= 0.3 is 0 Å². The van der Waals surface area contributed by atoms with Crippen molar-refractivity contribution in [1.82, 2.24) is 10.0 Å². The van der Waals surface area contributed by atoms with Crippen LogP contribution >= 0.6 is 0 Å². The fourth-order valence-corrected chi connectivity index (χ4v) is 3.82. The summed E-state index contributed by atoms with van der Waals surface area (Å²) in [7, 11) is -3.56. The first kappa shape index (κ1) is 21.1. The molecule has 1 amide bonds. The molecule has 0 spiro atoms. The number of aryl methyl sites for hydroxylation is 1. The first-order valence-electron chi connectivity index (χ1n) is 9.32. The number of sulfonamides is 1. The van der Waals surface area contributed by atoms with Crippen LogP contribution in [-0.4, -0.2) is 20.4 Å². The Morgan fingerprint density at radius 1 is 1.00 bits per heavy atom. The standard InChI is InChI=1S/C21H28N2O3S/c1-3-7-17(2)23-21(24)15-12-18-10-13-20(14-11-18)27(25,26)22-16-19-8-5-4-6-9-19/h4-6,8-11,13-14,17,22H,3,7,12,15-16H2,1-2H3,(H,23,24)/t17-/m1/s1. The summed E-state index contributed by atoms with van der Waals surface area (Å²) in [5.74, 6) is 0.0252. The van der Waals surface area contributed by atoms with Gasteiger partial charge in [-0.2, -0.15) is 0 Å². The molecular weight excluding hydrogens is 360 g/mol. The highest BCUT2D eigenvalue weighted by Gasteiger charge is 2.14. The largest absolute Gasteiger partial charge is 0.354 e. The molecule has 0 saturated heterocycles. The van der Waals surface area contributed by atoms with Crippen molar-refractivity contribution in [2.45, 2.75) is 57.0 Å². The van der Waals surface area contributed by atoms with E-state index in [1.807, 2.05) is 37.3 Å². The maximum Gasteiger partial charge on any atom is 0.240 e. The number of hydrogen-bond donors (Lipinski definition) is 2. The minimum absolute atomic E-state index is 0.0252. The van der Waals surface area contributed by atoms with Gasteiger partial charge in [0.25, 0.3) is 0 Å². The van der Waals surface area contributed by atoms with E-state index in [-0.39, 0.29) is 23.4 Å². The van der Waals surface area contributed by atoms with Gasteiger partial charge in [-0.3, -0.25) is 4.79 Å². The molecule has 2 N–H and O–H groups in total. The summed E-state index contributed by atoms with van der Waals surface area (Å²) in [5.41, 5.74) is 1.84. The van der Waals surface area contributed by atoms with Crippen LogP contribution in [0.4, 0.5) is 0 Å². The number of amides is 1. The van der Waals surface area contributed by atoms with Crippen molar-refractivity contribution in [3.8, 4) is 0 Å². The minimum atomic E-state index is -3.56. The van der Waals surface area contributed by atoms with Gasteiger partial charge in [0.2, 0.25) is 15.9 Å². The van der Waals surface area contributed by atoms with Crippen LogP contribution in [0.3, 0.4) is 0 Å². The maximum atomic E-state index is 12.4. The zero-order chi connectivity index (χ0) is 19.7. The molecular formula is C21H28N2O3S. The predicted octanol–water partition coefficient (Wildman–Crippen LogP) is 3.40. The molecule has 2 aromatic rings. The SMILES string of the molecule is CCC[C@@H](C)NC(=O)CCc1ccc(S(=O)(=O)NCc2ccccc2)cc1. The second-order valence-corrected chi connectivity index (χ2v) is 8.48. The minimum Gasteiger partial charge on any atom is -0.354 e. The molecule has 6 heteroatoms. The molecule has 0 aliphatic rings. The van der Waals surface area contributed by atoms with E-state index in [1.54, 1.807) is 24.3 Å². The smallest absolute Gasteiger partial charge is 0.240 e. The van der Waals surface area contributed by atoms with Crippen LogP contribution < -0.4 is 10.0 Å². The summed E-state index contributed by atoms with van der Waals surface area (Å²) in [6, 6.07) is 16.3. The lowest BCUT2D eigenvalue weighted by atomic mass is 10.1. The molecule has 0 unspecified atom stereocenters. The summed E-state index contributed by atoms with van der Waals surface area (Å²) in [6.45, 7) is 4.34. The van der Waals surface area contributed by atoms with Gasteiger partial charge in [-0.1, -0.05) is 55.8 Å². The van der Waals surface area contributed by atoms with Crippen molar-refractivity contribution in [2.24, 2.45) is 0 Å². The molecule has 5 nitrogen and oxygen atoms in total. The van der Waals surface area contributed by atoms with E-state index in [0.29, 0.717) is 12.8 Å². The van der Waals surface area contributed by atoms with E-state index in [4.69, 9.17) is 0 Å². The highest BCUT2D eigenvalue weighted by molar-refractivity contribution is 7.89. The van der Waals surface area contributed by atoms with Gasteiger partial charge < -0.3 is 5.32 Å². The zero-order valence-electron chi connectivity index (χ0n) is 15.9. The van der Waals surface area contributed by atoms with Crippen molar-refractivity contribution in [1.29, 1.82) is 0 Å². The highest BCUT2D eigenvalue weighted by Crippen LogP contribution is 2.13. The topological polar surface area (TPSA) is 75.3 Å². The molecule has 2 aromatic carbocycles. The van der Waals surface area contributed by atoms with Crippen LogP contribution in [0.15, 0.2) is 59.5 Å². The lowest BCUT2D eigenvalue weighted by Crippen LogP contribution is -2.32. The fourth-order valence-electron chi connectivity index (χ4n) is 2.80. The molecule has 27 heavy (non-hydrogen) atoms. The number of hydrogen-bond acceptors (Lipinski definition) is 3. The van der Waals surface area contributed by atoms with Gasteiger partial charge in [0.15, 0.2) is 0 Å². The fraction of sp³-hybridized carbons (Fsp3) is 0.381. The van der Waals surface area contributed by atoms with Crippen LogP contribution in [0.5, 0.6) is 0 Å². The van der Waals surface area contributed by atoms with Gasteiger partial charge in [-0.05, 0) is 43.0 Å². The Bertz CT molecular complexity index is 818. The van der Waals surface area contributed by atoms with Gasteiger partial charge in [-0.25, -0.2) is 13.1 Å². The predicted molar refractivity (Wildman–Crippen MR) is 108 cm³/mol. The average molecular weight is 389 g/mol. The van der Waals surface area contributed by atoms with Crippen molar-refractivity contribution in [2.75, 3.05) is 0 Å². The Balaban J connectivity index is 1.87. The number of rotatable bonds is 10. The molecule has 0 heterocycles. The molecule has 0 fully saturated rings. The Hall–Kier alpha value is -2.18. The third-order valence-electron chi connectivity index (χ3n) is 4.31. The number of nitrogens with one attached hydrogen (secondary N) is 2. The Morgan fingerprint density at radius 3 is 2.30 bits per heavy atom. The van der Waals surface area contributed by atoms with E-state index in [0.717, 1.165) is 24.0 Å². The molecule has 0 radical (unpaired) electrons. The summed E-state index contributed by atoms with van der Waals surface area (Å²) >= 11 is 0. The van der Waals surface area contributed by atoms with Gasteiger partial charge in [0.05, 0.1) is 4.90 Å². The van der Waals surface area contributed by atoms with Crippen molar-refractivity contribution in [3.63, 3.8) is 0 Å². The average Bonchev–Trinajstić information content (AvgIpc) is 2.66. The van der Waals surface area contributed by atoms with Crippen molar-refractivity contribution >= 4 is 15.9 Å². The lowest BCUT2D eigenvalue weighted by Gasteiger charge is -2.12. The lowest BCUT2D eigenvalue weighted by molar-refractivity contribution is -0.121. The van der Waals surface area contributed by atoms with E-state index < -0.39 is 10.0 Å². The molecule has 2 rings (SSSR count). The monoisotopic (exact) mass is 388 g/mol. The van der Waals surface area contributed by atoms with E-state index in [9.17, 15) is 13.2 Å². The molecule has 0 aliphatic carbocycles. The van der Waals surface area contributed by atoms with Crippen LogP contribution in [0.2, 0.25) is 0 Å². The zero-order valence-corrected chi connectivity index (χ0v) is 16.8. The third kappa shape index (κ3) is 7.15. The van der Waals surface area contributed by atoms with Gasteiger partial charge in [0, 0.05) is 19.0 Å². The highest BCUT2D eigenvalue weighted by atomic mass is 32.2. The first-order chi connectivity index (χ1) is 12.9. The molecule has 0 aliphatic heterocycles. The number of carbonyl (C=O) groups is 1.